The van der Waals surface area contributed by atoms with Gasteiger partial charge in [-0.15, -0.1) is 0 Å². The number of aliphatic hydroxyl groups excluding tert-OH is 1. The number of rotatable bonds is 3. The zero-order chi connectivity index (χ0) is 14.9. The molecular formula is C17H27N3O. The molecule has 1 spiro atoms. The van der Waals surface area contributed by atoms with Crippen LogP contribution in [0.3, 0.4) is 0 Å². The highest BCUT2D eigenvalue weighted by atomic mass is 16.3. The van der Waals surface area contributed by atoms with Crippen LogP contribution in [0.1, 0.15) is 38.2 Å². The van der Waals surface area contributed by atoms with Gasteiger partial charge in [-0.1, -0.05) is 37.3 Å². The molecule has 4 nitrogen and oxygen atoms in total. The fourth-order valence-corrected chi connectivity index (χ4v) is 4.09. The monoisotopic (exact) mass is 289 g/mol. The summed E-state index contributed by atoms with van der Waals surface area (Å²) in [4.78, 5) is 2.49. The highest BCUT2D eigenvalue weighted by Crippen LogP contribution is 2.45. The zero-order valence-corrected chi connectivity index (χ0v) is 13.1. The van der Waals surface area contributed by atoms with Crippen molar-refractivity contribution in [3.8, 4) is 0 Å². The third-order valence-electron chi connectivity index (χ3n) is 5.63. The molecule has 0 amide bonds. The van der Waals surface area contributed by atoms with Gasteiger partial charge in [-0.25, -0.2) is 0 Å². The molecule has 1 aromatic rings. The maximum absolute atomic E-state index is 9.72. The van der Waals surface area contributed by atoms with Crippen LogP contribution in [0.2, 0.25) is 0 Å². The summed E-state index contributed by atoms with van der Waals surface area (Å²) in [6.07, 6.45) is 3.90. The Hall–Kier alpha value is -0.940. The average molecular weight is 289 g/mol. The molecule has 0 radical (unpaired) electrons. The Labute approximate surface area is 127 Å². The minimum Gasteiger partial charge on any atom is -0.365 e. The molecule has 2 fully saturated rings. The lowest BCUT2D eigenvalue weighted by Gasteiger charge is -2.50. The molecule has 2 aliphatic rings. The van der Waals surface area contributed by atoms with Crippen molar-refractivity contribution in [1.82, 2.24) is 15.5 Å². The van der Waals surface area contributed by atoms with Gasteiger partial charge in [-0.3, -0.25) is 15.5 Å². The van der Waals surface area contributed by atoms with E-state index in [2.05, 4.69) is 59.8 Å². The zero-order valence-electron chi connectivity index (χ0n) is 13.1. The topological polar surface area (TPSA) is 47.5 Å². The number of nitrogens with one attached hydrogen (secondary N) is 2. The predicted molar refractivity (Wildman–Crippen MR) is 84.8 cm³/mol. The minimum atomic E-state index is -0.543. The molecule has 1 saturated carbocycles. The third kappa shape index (κ3) is 2.61. The Balaban J connectivity index is 1.84. The summed E-state index contributed by atoms with van der Waals surface area (Å²) in [5.41, 5.74) is 1.64. The Kier molecular flexibility index (Phi) is 4.06. The van der Waals surface area contributed by atoms with Crippen molar-refractivity contribution >= 4 is 0 Å². The van der Waals surface area contributed by atoms with E-state index in [9.17, 15) is 5.11 Å². The van der Waals surface area contributed by atoms with E-state index in [-0.39, 0.29) is 11.1 Å². The SMILES string of the molecule is CCN(C)C1(c2ccccc2)CCC2(CC1)CNC(O)N2. The molecule has 1 unspecified atom stereocenters. The lowest BCUT2D eigenvalue weighted by molar-refractivity contribution is 0.0377. The molecule has 1 atom stereocenters. The molecule has 1 aromatic carbocycles. The van der Waals surface area contributed by atoms with Gasteiger partial charge in [0.15, 0.2) is 6.35 Å². The van der Waals surface area contributed by atoms with E-state index >= 15 is 0 Å². The minimum absolute atomic E-state index is 0.0757. The molecule has 116 valence electrons. The molecule has 0 aromatic heterocycles. The Bertz CT molecular complexity index is 468. The second-order valence-electron chi connectivity index (χ2n) is 6.62. The second kappa shape index (κ2) is 5.69. The first-order valence-electron chi connectivity index (χ1n) is 8.06. The van der Waals surface area contributed by atoms with E-state index in [4.69, 9.17) is 0 Å². The van der Waals surface area contributed by atoms with Gasteiger partial charge in [0.2, 0.25) is 0 Å². The quantitative estimate of drug-likeness (QED) is 0.791. The smallest absolute Gasteiger partial charge is 0.161 e. The van der Waals surface area contributed by atoms with E-state index < -0.39 is 6.35 Å². The average Bonchev–Trinajstić information content (AvgIpc) is 2.89. The molecule has 1 saturated heterocycles. The molecule has 4 heteroatoms. The van der Waals surface area contributed by atoms with Gasteiger partial charge in [-0.2, -0.15) is 0 Å². The molecular weight excluding hydrogens is 262 g/mol. The van der Waals surface area contributed by atoms with Gasteiger partial charge in [0.05, 0.1) is 0 Å². The normalized spacial score (nSPS) is 36.5. The van der Waals surface area contributed by atoms with Crippen LogP contribution in [0.4, 0.5) is 0 Å². The summed E-state index contributed by atoms with van der Waals surface area (Å²) >= 11 is 0. The largest absolute Gasteiger partial charge is 0.365 e. The van der Waals surface area contributed by atoms with Crippen LogP contribution in [0, 0.1) is 0 Å². The molecule has 21 heavy (non-hydrogen) atoms. The highest BCUT2D eigenvalue weighted by molar-refractivity contribution is 5.26. The van der Waals surface area contributed by atoms with Crippen LogP contribution in [-0.4, -0.2) is 42.0 Å². The van der Waals surface area contributed by atoms with Crippen molar-refractivity contribution < 1.29 is 5.11 Å². The number of nitrogens with zero attached hydrogens (tertiary/aromatic N) is 1. The summed E-state index contributed by atoms with van der Waals surface area (Å²) < 4.78 is 0. The van der Waals surface area contributed by atoms with Crippen LogP contribution < -0.4 is 10.6 Å². The van der Waals surface area contributed by atoms with E-state index in [1.165, 1.54) is 5.56 Å². The second-order valence-corrected chi connectivity index (χ2v) is 6.62. The van der Waals surface area contributed by atoms with Crippen molar-refractivity contribution in [1.29, 1.82) is 0 Å². The Morgan fingerprint density at radius 2 is 1.86 bits per heavy atom. The predicted octanol–water partition coefficient (Wildman–Crippen LogP) is 1.62. The van der Waals surface area contributed by atoms with Gasteiger partial charge in [0, 0.05) is 17.6 Å². The summed E-state index contributed by atoms with van der Waals surface area (Å²) in [6.45, 7) is 4.15. The third-order valence-corrected chi connectivity index (χ3v) is 5.63. The molecule has 3 N–H and O–H groups in total. The fourth-order valence-electron chi connectivity index (χ4n) is 4.09. The standard InChI is InChI=1S/C17H27N3O/c1-3-20(2)17(14-7-5-4-6-8-14)11-9-16(10-12-17)13-18-15(21)19-16/h4-8,15,18-19,21H,3,9-13H2,1-2H3. The van der Waals surface area contributed by atoms with Crippen LogP contribution in [-0.2, 0) is 5.54 Å². The lowest BCUT2D eigenvalue weighted by atomic mass is 9.68. The molecule has 0 bridgehead atoms. The van der Waals surface area contributed by atoms with E-state index in [0.717, 1.165) is 38.8 Å². The maximum atomic E-state index is 9.72. The van der Waals surface area contributed by atoms with Gasteiger partial charge >= 0.3 is 0 Å². The summed E-state index contributed by atoms with van der Waals surface area (Å²) in [5.74, 6) is 0. The van der Waals surface area contributed by atoms with Crippen molar-refractivity contribution in [2.75, 3.05) is 20.1 Å². The summed E-state index contributed by atoms with van der Waals surface area (Å²) in [6, 6.07) is 10.9. The van der Waals surface area contributed by atoms with Crippen molar-refractivity contribution in [3.05, 3.63) is 35.9 Å². The van der Waals surface area contributed by atoms with Gasteiger partial charge in [0.25, 0.3) is 0 Å². The van der Waals surface area contributed by atoms with Gasteiger partial charge < -0.3 is 5.11 Å². The van der Waals surface area contributed by atoms with Crippen molar-refractivity contribution in [2.45, 2.75) is 50.0 Å². The molecule has 3 rings (SSSR count). The molecule has 1 aliphatic heterocycles. The highest BCUT2D eigenvalue weighted by Gasteiger charge is 2.47. The van der Waals surface area contributed by atoms with Crippen LogP contribution >= 0.6 is 0 Å². The van der Waals surface area contributed by atoms with E-state index in [1.807, 2.05) is 0 Å². The van der Waals surface area contributed by atoms with Crippen LogP contribution in [0.15, 0.2) is 30.3 Å². The van der Waals surface area contributed by atoms with Gasteiger partial charge in [0.1, 0.15) is 0 Å². The first-order valence-corrected chi connectivity index (χ1v) is 8.06. The maximum Gasteiger partial charge on any atom is 0.161 e. The first-order chi connectivity index (χ1) is 10.1. The Morgan fingerprint density at radius 1 is 1.19 bits per heavy atom. The lowest BCUT2D eigenvalue weighted by Crippen LogP contribution is -2.55. The summed E-state index contributed by atoms with van der Waals surface area (Å²) in [5, 5.41) is 16.2. The number of benzene rings is 1. The fraction of sp³-hybridized carbons (Fsp3) is 0.647. The number of hydrogen-bond donors (Lipinski definition) is 3. The van der Waals surface area contributed by atoms with E-state index in [0.29, 0.717) is 0 Å². The summed E-state index contributed by atoms with van der Waals surface area (Å²) in [7, 11) is 2.24. The number of aliphatic hydroxyl groups is 1. The number of hydrogen-bond acceptors (Lipinski definition) is 4. The van der Waals surface area contributed by atoms with E-state index in [1.54, 1.807) is 0 Å². The van der Waals surface area contributed by atoms with Gasteiger partial charge in [-0.05, 0) is 44.8 Å². The van der Waals surface area contributed by atoms with Crippen molar-refractivity contribution in [3.63, 3.8) is 0 Å². The van der Waals surface area contributed by atoms with Crippen molar-refractivity contribution in [2.24, 2.45) is 0 Å². The molecule has 1 aliphatic carbocycles. The van der Waals surface area contributed by atoms with Crippen LogP contribution in [0.5, 0.6) is 0 Å². The first kappa shape index (κ1) is 15.0. The Morgan fingerprint density at radius 3 is 2.38 bits per heavy atom. The molecule has 1 heterocycles. The van der Waals surface area contributed by atoms with Crippen LogP contribution in [0.25, 0.3) is 0 Å².